The first-order chi connectivity index (χ1) is 8.19. The number of hydrogen-bond acceptors (Lipinski definition) is 2. The van der Waals surface area contributed by atoms with Crippen LogP contribution in [0.25, 0.3) is 0 Å². The van der Waals surface area contributed by atoms with Gasteiger partial charge in [0.05, 0.1) is 0 Å². The third-order valence-corrected chi connectivity index (χ3v) is 3.73. The zero-order chi connectivity index (χ0) is 12.3. The van der Waals surface area contributed by atoms with Crippen LogP contribution in [0.1, 0.15) is 18.1 Å². The zero-order valence-corrected chi connectivity index (χ0v) is 10.9. The van der Waals surface area contributed by atoms with E-state index in [9.17, 15) is 5.11 Å². The highest BCUT2D eigenvalue weighted by atomic mass is 32.2. The maximum Gasteiger partial charge on any atom is 0.118 e. The van der Waals surface area contributed by atoms with E-state index in [0.717, 1.165) is 16.9 Å². The lowest BCUT2D eigenvalue weighted by Gasteiger charge is -2.05. The van der Waals surface area contributed by atoms with Gasteiger partial charge in [-0.3, -0.25) is 0 Å². The Hall–Kier alpha value is -1.41. The Morgan fingerprint density at radius 3 is 2.24 bits per heavy atom. The number of benzene rings is 2. The minimum absolute atomic E-state index is 0.357. The second-order valence-corrected chi connectivity index (χ2v) is 5.19. The van der Waals surface area contributed by atoms with Crippen LogP contribution in [-0.4, -0.2) is 5.11 Å². The van der Waals surface area contributed by atoms with Crippen molar-refractivity contribution in [1.29, 1.82) is 0 Å². The van der Waals surface area contributed by atoms with Gasteiger partial charge in [-0.15, -0.1) is 0 Å². The minimum Gasteiger partial charge on any atom is -0.508 e. The molecule has 0 aliphatic rings. The second-order valence-electron chi connectivity index (χ2n) is 4.05. The summed E-state index contributed by atoms with van der Waals surface area (Å²) in [6.07, 6.45) is 1.07. The van der Waals surface area contributed by atoms with Crippen LogP contribution < -0.4 is 0 Å². The van der Waals surface area contributed by atoms with Crippen LogP contribution in [0.4, 0.5) is 0 Å². The molecule has 0 radical (unpaired) electrons. The zero-order valence-electron chi connectivity index (χ0n) is 10.1. The Morgan fingerprint density at radius 1 is 1.00 bits per heavy atom. The van der Waals surface area contributed by atoms with Crippen LogP contribution in [0.5, 0.6) is 5.75 Å². The van der Waals surface area contributed by atoms with E-state index in [0.29, 0.717) is 5.75 Å². The summed E-state index contributed by atoms with van der Waals surface area (Å²) in [6.45, 7) is 4.07. The average molecular weight is 244 g/mol. The molecule has 2 heteroatoms. The molecule has 0 heterocycles. The summed E-state index contributed by atoms with van der Waals surface area (Å²) in [5, 5.41) is 9.47. The molecule has 0 fully saturated rings. The SMILES string of the molecule is CCc1ccc(Sc2ccc(O)c(C)c2)cc1. The van der Waals surface area contributed by atoms with Gasteiger partial charge in [-0.2, -0.15) is 0 Å². The number of aryl methyl sites for hydroxylation is 2. The Morgan fingerprint density at radius 2 is 1.65 bits per heavy atom. The quantitative estimate of drug-likeness (QED) is 0.862. The number of rotatable bonds is 3. The summed E-state index contributed by atoms with van der Waals surface area (Å²) < 4.78 is 0. The largest absolute Gasteiger partial charge is 0.508 e. The summed E-state index contributed by atoms with van der Waals surface area (Å²) in [6, 6.07) is 14.3. The number of aromatic hydroxyl groups is 1. The van der Waals surface area contributed by atoms with Crippen molar-refractivity contribution in [3.63, 3.8) is 0 Å². The fourth-order valence-corrected chi connectivity index (χ4v) is 2.54. The van der Waals surface area contributed by atoms with Gasteiger partial charge in [-0.1, -0.05) is 30.8 Å². The lowest BCUT2D eigenvalue weighted by atomic mass is 10.2. The van der Waals surface area contributed by atoms with Gasteiger partial charge in [0, 0.05) is 9.79 Å². The molecule has 0 saturated heterocycles. The molecule has 0 aromatic heterocycles. The van der Waals surface area contributed by atoms with Gasteiger partial charge in [-0.05, 0) is 54.8 Å². The van der Waals surface area contributed by atoms with Crippen LogP contribution >= 0.6 is 11.8 Å². The molecule has 1 N–H and O–H groups in total. The maximum atomic E-state index is 9.47. The molecule has 2 aromatic rings. The van der Waals surface area contributed by atoms with Crippen molar-refractivity contribution in [2.45, 2.75) is 30.1 Å². The Balaban J connectivity index is 2.16. The molecule has 0 aliphatic heterocycles. The Bertz CT molecular complexity index is 503. The van der Waals surface area contributed by atoms with E-state index in [4.69, 9.17) is 0 Å². The highest BCUT2D eigenvalue weighted by Gasteiger charge is 2.00. The van der Waals surface area contributed by atoms with E-state index < -0.39 is 0 Å². The van der Waals surface area contributed by atoms with Crippen LogP contribution in [0.3, 0.4) is 0 Å². The fourth-order valence-electron chi connectivity index (χ4n) is 1.62. The van der Waals surface area contributed by atoms with Crippen LogP contribution in [0.2, 0.25) is 0 Å². The van der Waals surface area contributed by atoms with Crippen LogP contribution in [-0.2, 0) is 6.42 Å². The minimum atomic E-state index is 0.357. The van der Waals surface area contributed by atoms with Gasteiger partial charge in [0.25, 0.3) is 0 Å². The molecular weight excluding hydrogens is 228 g/mol. The highest BCUT2D eigenvalue weighted by molar-refractivity contribution is 7.99. The highest BCUT2D eigenvalue weighted by Crippen LogP contribution is 2.30. The molecule has 0 amide bonds. The van der Waals surface area contributed by atoms with E-state index in [2.05, 4.69) is 31.2 Å². The van der Waals surface area contributed by atoms with Crippen molar-refractivity contribution >= 4 is 11.8 Å². The second kappa shape index (κ2) is 5.28. The van der Waals surface area contributed by atoms with Crippen molar-refractivity contribution in [2.75, 3.05) is 0 Å². The molecule has 0 atom stereocenters. The molecule has 2 rings (SSSR count). The molecule has 0 aliphatic carbocycles. The number of hydrogen-bond donors (Lipinski definition) is 1. The lowest BCUT2D eigenvalue weighted by molar-refractivity contribution is 0.470. The molecule has 0 unspecified atom stereocenters. The monoisotopic (exact) mass is 244 g/mol. The van der Waals surface area contributed by atoms with Gasteiger partial charge >= 0.3 is 0 Å². The predicted molar refractivity (Wildman–Crippen MR) is 72.8 cm³/mol. The van der Waals surface area contributed by atoms with E-state index >= 15 is 0 Å². The number of phenols is 1. The van der Waals surface area contributed by atoms with Crippen molar-refractivity contribution in [3.05, 3.63) is 53.6 Å². The average Bonchev–Trinajstić information content (AvgIpc) is 2.35. The van der Waals surface area contributed by atoms with Crippen molar-refractivity contribution in [3.8, 4) is 5.75 Å². The molecule has 0 spiro atoms. The van der Waals surface area contributed by atoms with Gasteiger partial charge in [-0.25, -0.2) is 0 Å². The Kier molecular flexibility index (Phi) is 3.75. The summed E-state index contributed by atoms with van der Waals surface area (Å²) in [5.74, 6) is 0.357. The summed E-state index contributed by atoms with van der Waals surface area (Å²) >= 11 is 1.72. The molecule has 88 valence electrons. The first kappa shape index (κ1) is 12.1. The van der Waals surface area contributed by atoms with Crippen LogP contribution in [0, 0.1) is 6.92 Å². The summed E-state index contributed by atoms with van der Waals surface area (Å²) in [4.78, 5) is 2.39. The predicted octanol–water partition coefficient (Wildman–Crippen LogP) is 4.41. The first-order valence-electron chi connectivity index (χ1n) is 5.75. The van der Waals surface area contributed by atoms with Gasteiger partial charge in [0.15, 0.2) is 0 Å². The molecule has 0 saturated carbocycles. The van der Waals surface area contributed by atoms with Crippen molar-refractivity contribution in [1.82, 2.24) is 0 Å². The lowest BCUT2D eigenvalue weighted by Crippen LogP contribution is -1.80. The topological polar surface area (TPSA) is 20.2 Å². The summed E-state index contributed by atoms with van der Waals surface area (Å²) in [7, 11) is 0. The maximum absolute atomic E-state index is 9.47. The van der Waals surface area contributed by atoms with Crippen molar-refractivity contribution < 1.29 is 5.11 Å². The van der Waals surface area contributed by atoms with Crippen LogP contribution in [0.15, 0.2) is 52.3 Å². The van der Waals surface area contributed by atoms with E-state index in [1.54, 1.807) is 17.8 Å². The van der Waals surface area contributed by atoms with Gasteiger partial charge in [0.1, 0.15) is 5.75 Å². The van der Waals surface area contributed by atoms with E-state index in [-0.39, 0.29) is 0 Å². The molecular formula is C15H16OS. The Labute approximate surface area is 107 Å². The first-order valence-corrected chi connectivity index (χ1v) is 6.57. The fraction of sp³-hybridized carbons (Fsp3) is 0.200. The number of phenolic OH excluding ortho intramolecular Hbond substituents is 1. The van der Waals surface area contributed by atoms with E-state index in [1.807, 2.05) is 19.1 Å². The molecule has 17 heavy (non-hydrogen) atoms. The van der Waals surface area contributed by atoms with Crippen molar-refractivity contribution in [2.24, 2.45) is 0 Å². The smallest absolute Gasteiger partial charge is 0.118 e. The third kappa shape index (κ3) is 3.04. The van der Waals surface area contributed by atoms with E-state index in [1.165, 1.54) is 10.5 Å². The third-order valence-electron chi connectivity index (χ3n) is 2.74. The normalized spacial score (nSPS) is 10.5. The molecule has 1 nitrogen and oxygen atoms in total. The van der Waals surface area contributed by atoms with Gasteiger partial charge in [0.2, 0.25) is 0 Å². The molecule has 2 aromatic carbocycles. The summed E-state index contributed by atoms with van der Waals surface area (Å²) in [5.41, 5.74) is 2.27. The molecule has 0 bridgehead atoms. The standard InChI is InChI=1S/C15H16OS/c1-3-12-4-6-13(7-5-12)17-14-8-9-15(16)11(2)10-14/h4-10,16H,3H2,1-2H3. The van der Waals surface area contributed by atoms with Gasteiger partial charge < -0.3 is 5.11 Å².